The Morgan fingerprint density at radius 2 is 1.85 bits per heavy atom. The second kappa shape index (κ2) is 9.05. The van der Waals surface area contributed by atoms with E-state index in [1.54, 1.807) is 11.8 Å². The lowest BCUT2D eigenvalue weighted by atomic mass is 10.0. The summed E-state index contributed by atoms with van der Waals surface area (Å²) in [5.74, 6) is 0.861. The van der Waals surface area contributed by atoms with Gasteiger partial charge in [0.15, 0.2) is 5.65 Å². The van der Waals surface area contributed by atoms with E-state index in [0.29, 0.717) is 23.4 Å². The highest BCUT2D eigenvalue weighted by Crippen LogP contribution is 2.28. The summed E-state index contributed by atoms with van der Waals surface area (Å²) < 4.78 is 8.97. The maximum atomic E-state index is 13.3. The minimum atomic E-state index is -0.131. The van der Waals surface area contributed by atoms with Gasteiger partial charge in [0.1, 0.15) is 5.75 Å². The van der Waals surface area contributed by atoms with Crippen LogP contribution in [0.3, 0.4) is 0 Å². The highest BCUT2D eigenvalue weighted by molar-refractivity contribution is 6.07. The fraction of sp³-hybridized carbons (Fsp3) is 0.360. The molecule has 8 heteroatoms. The van der Waals surface area contributed by atoms with Gasteiger partial charge in [-0.25, -0.2) is 4.98 Å². The normalized spacial score (nSPS) is 12.2. The molecule has 0 fully saturated rings. The summed E-state index contributed by atoms with van der Waals surface area (Å²) >= 11 is 0. The number of rotatable bonds is 7. The summed E-state index contributed by atoms with van der Waals surface area (Å²) in [5, 5.41) is 12.9. The second-order valence-corrected chi connectivity index (χ2v) is 8.62. The highest BCUT2D eigenvalue weighted by atomic mass is 16.5. The zero-order valence-corrected chi connectivity index (χ0v) is 20.0. The highest BCUT2D eigenvalue weighted by Gasteiger charge is 2.20. The van der Waals surface area contributed by atoms with Crippen LogP contribution < -0.4 is 10.1 Å². The molecule has 3 heterocycles. The lowest BCUT2D eigenvalue weighted by Gasteiger charge is -2.15. The molecule has 1 aromatic carbocycles. The Morgan fingerprint density at radius 3 is 2.48 bits per heavy atom. The maximum absolute atomic E-state index is 13.3. The van der Waals surface area contributed by atoms with E-state index in [1.165, 1.54) is 0 Å². The average molecular weight is 447 g/mol. The van der Waals surface area contributed by atoms with Gasteiger partial charge in [0.25, 0.3) is 5.91 Å². The lowest BCUT2D eigenvalue weighted by molar-refractivity contribution is 0.0948. The largest absolute Gasteiger partial charge is 0.497 e. The van der Waals surface area contributed by atoms with Crippen molar-refractivity contribution in [3.8, 4) is 17.0 Å². The topological polar surface area (TPSA) is 86.9 Å². The van der Waals surface area contributed by atoms with Gasteiger partial charge >= 0.3 is 0 Å². The zero-order chi connectivity index (χ0) is 23.7. The molecule has 1 unspecified atom stereocenters. The summed E-state index contributed by atoms with van der Waals surface area (Å²) in [6, 6.07) is 11.6. The number of aryl methyl sites for hydroxylation is 4. The number of hydrogen-bond acceptors (Lipinski definition) is 5. The van der Waals surface area contributed by atoms with E-state index in [2.05, 4.69) is 28.5 Å². The van der Waals surface area contributed by atoms with E-state index < -0.39 is 0 Å². The Morgan fingerprint density at radius 1 is 1.12 bits per heavy atom. The standard InChI is InChI=1S/C25H30N6O2/c1-15(14-31-17(3)11-16(2)28-31)13-26-25(32)21-12-22(19-7-9-20(33-6)10-8-19)27-24-23(21)18(4)29-30(24)5/h7-12,15H,13-14H2,1-6H3,(H,26,32). The number of fused-ring (bicyclic) bond motifs is 1. The minimum Gasteiger partial charge on any atom is -0.497 e. The fourth-order valence-corrected chi connectivity index (χ4v) is 4.12. The van der Waals surface area contributed by atoms with Crippen LogP contribution in [-0.2, 0) is 13.6 Å². The van der Waals surface area contributed by atoms with Crippen molar-refractivity contribution in [3.63, 3.8) is 0 Å². The number of aromatic nitrogens is 5. The van der Waals surface area contributed by atoms with Crippen molar-refractivity contribution in [3.05, 3.63) is 59.0 Å². The number of amides is 1. The van der Waals surface area contributed by atoms with Gasteiger partial charge in [-0.3, -0.25) is 14.2 Å². The number of carbonyl (C=O) groups excluding carboxylic acids is 1. The first-order valence-corrected chi connectivity index (χ1v) is 11.0. The molecule has 0 spiro atoms. The van der Waals surface area contributed by atoms with Gasteiger partial charge in [-0.2, -0.15) is 10.2 Å². The summed E-state index contributed by atoms with van der Waals surface area (Å²) in [7, 11) is 3.48. The third kappa shape index (κ3) is 4.60. The van der Waals surface area contributed by atoms with E-state index in [0.717, 1.165) is 40.3 Å². The van der Waals surface area contributed by atoms with Crippen molar-refractivity contribution in [1.82, 2.24) is 29.9 Å². The van der Waals surface area contributed by atoms with E-state index >= 15 is 0 Å². The first-order valence-electron chi connectivity index (χ1n) is 11.0. The van der Waals surface area contributed by atoms with E-state index in [4.69, 9.17) is 9.72 Å². The monoisotopic (exact) mass is 446 g/mol. The lowest BCUT2D eigenvalue weighted by Crippen LogP contribution is -2.30. The predicted molar refractivity (Wildman–Crippen MR) is 128 cm³/mol. The predicted octanol–water partition coefficient (Wildman–Crippen LogP) is 3.83. The SMILES string of the molecule is COc1ccc(-c2cc(C(=O)NCC(C)Cn3nc(C)cc3C)c3c(C)nn(C)c3n2)cc1. The molecule has 4 aromatic rings. The van der Waals surface area contributed by atoms with E-state index in [-0.39, 0.29) is 11.8 Å². The summed E-state index contributed by atoms with van der Waals surface area (Å²) in [4.78, 5) is 18.1. The molecule has 0 aliphatic carbocycles. The van der Waals surface area contributed by atoms with Crippen molar-refractivity contribution in [2.45, 2.75) is 34.2 Å². The third-order valence-electron chi connectivity index (χ3n) is 5.80. The van der Waals surface area contributed by atoms with Crippen LogP contribution in [0.5, 0.6) is 5.75 Å². The number of methoxy groups -OCH3 is 1. The molecule has 4 rings (SSSR count). The molecule has 3 aromatic heterocycles. The third-order valence-corrected chi connectivity index (χ3v) is 5.80. The first kappa shape index (κ1) is 22.5. The molecular formula is C25H30N6O2. The molecule has 0 saturated heterocycles. The molecule has 0 saturated carbocycles. The van der Waals surface area contributed by atoms with Crippen molar-refractivity contribution < 1.29 is 9.53 Å². The number of carbonyl (C=O) groups is 1. The molecule has 0 bridgehead atoms. The molecule has 8 nitrogen and oxygen atoms in total. The van der Waals surface area contributed by atoms with E-state index in [1.807, 2.05) is 62.8 Å². The van der Waals surface area contributed by atoms with Crippen LogP contribution in [0.25, 0.3) is 22.3 Å². The summed E-state index contributed by atoms with van der Waals surface area (Å²) in [6.07, 6.45) is 0. The number of nitrogens with one attached hydrogen (secondary N) is 1. The van der Waals surface area contributed by atoms with Crippen molar-refractivity contribution in [1.29, 1.82) is 0 Å². The molecule has 33 heavy (non-hydrogen) atoms. The molecule has 0 aliphatic heterocycles. The molecule has 1 N–H and O–H groups in total. The number of nitrogens with zero attached hydrogens (tertiary/aromatic N) is 5. The van der Waals surface area contributed by atoms with Crippen LogP contribution in [0.1, 0.15) is 34.4 Å². The van der Waals surface area contributed by atoms with Crippen molar-refractivity contribution in [2.24, 2.45) is 13.0 Å². The molecular weight excluding hydrogens is 416 g/mol. The Labute approximate surface area is 193 Å². The molecule has 172 valence electrons. The first-order chi connectivity index (χ1) is 15.8. The molecule has 1 atom stereocenters. The zero-order valence-electron chi connectivity index (χ0n) is 20.0. The van der Waals surface area contributed by atoms with E-state index in [9.17, 15) is 4.79 Å². The molecule has 0 aliphatic rings. The average Bonchev–Trinajstić information content (AvgIpc) is 3.27. The quantitative estimate of drug-likeness (QED) is 0.466. The second-order valence-electron chi connectivity index (χ2n) is 8.62. The Hall–Kier alpha value is -3.68. The van der Waals surface area contributed by atoms with Crippen LogP contribution in [0.2, 0.25) is 0 Å². The number of hydrogen-bond donors (Lipinski definition) is 1. The van der Waals surface area contributed by atoms with Crippen molar-refractivity contribution >= 4 is 16.9 Å². The van der Waals surface area contributed by atoms with Gasteiger partial charge in [-0.1, -0.05) is 6.92 Å². The van der Waals surface area contributed by atoms with Crippen LogP contribution in [0.15, 0.2) is 36.4 Å². The Balaban J connectivity index is 1.61. The van der Waals surface area contributed by atoms with Crippen LogP contribution in [-0.4, -0.2) is 44.1 Å². The van der Waals surface area contributed by atoms with Crippen LogP contribution in [0.4, 0.5) is 0 Å². The van der Waals surface area contributed by atoms with Crippen LogP contribution >= 0.6 is 0 Å². The number of ether oxygens (including phenoxy) is 1. The van der Waals surface area contributed by atoms with Crippen molar-refractivity contribution in [2.75, 3.05) is 13.7 Å². The van der Waals surface area contributed by atoms with Gasteiger partial charge in [0.05, 0.1) is 35.1 Å². The number of pyridine rings is 1. The molecule has 0 radical (unpaired) electrons. The summed E-state index contributed by atoms with van der Waals surface area (Å²) in [5.41, 5.74) is 5.79. The smallest absolute Gasteiger partial charge is 0.252 e. The van der Waals surface area contributed by atoms with Gasteiger partial charge in [-0.15, -0.1) is 0 Å². The Bertz CT molecular complexity index is 1300. The van der Waals surface area contributed by atoms with Gasteiger partial charge in [-0.05, 0) is 63.1 Å². The van der Waals surface area contributed by atoms with Gasteiger partial charge in [0.2, 0.25) is 0 Å². The molecule has 1 amide bonds. The van der Waals surface area contributed by atoms with Gasteiger partial charge in [0, 0.05) is 31.4 Å². The number of benzene rings is 1. The summed E-state index contributed by atoms with van der Waals surface area (Å²) in [6.45, 7) is 9.33. The van der Waals surface area contributed by atoms with Gasteiger partial charge < -0.3 is 10.1 Å². The fourth-order valence-electron chi connectivity index (χ4n) is 4.12. The van der Waals surface area contributed by atoms with Crippen LogP contribution in [0, 0.1) is 26.7 Å². The Kier molecular flexibility index (Phi) is 6.18. The minimum absolute atomic E-state index is 0.131. The maximum Gasteiger partial charge on any atom is 0.252 e.